The molecule has 2 rings (SSSR count). The topological polar surface area (TPSA) is 30.9 Å². The highest BCUT2D eigenvalue weighted by Crippen LogP contribution is 2.36. The SMILES string of the molecule is Cn1cc(N)c2c(Br)c(F)c(Cl)cc21. The Hall–Kier alpha value is -0.740. The molecular weight excluding hydrogens is 270 g/mol. The second-order valence-electron chi connectivity index (χ2n) is 3.08. The Morgan fingerprint density at radius 1 is 1.57 bits per heavy atom. The molecule has 0 aliphatic carbocycles. The van der Waals surface area contributed by atoms with Crippen molar-refractivity contribution in [2.75, 3.05) is 5.73 Å². The molecule has 0 aliphatic rings. The third-order valence-corrected chi connectivity index (χ3v) is 3.16. The zero-order valence-electron chi connectivity index (χ0n) is 7.31. The van der Waals surface area contributed by atoms with Crippen LogP contribution in [0.15, 0.2) is 16.7 Å². The standard InChI is InChI=1S/C9H7BrClFN2/c1-14-3-5(13)7-6(14)2-4(11)9(12)8(7)10/h2-3H,13H2,1H3. The van der Waals surface area contributed by atoms with Crippen molar-refractivity contribution >= 4 is 44.1 Å². The second kappa shape index (κ2) is 3.14. The predicted molar refractivity (Wildman–Crippen MR) is 60.0 cm³/mol. The Bertz CT molecular complexity index is 521. The van der Waals surface area contributed by atoms with E-state index in [0.717, 1.165) is 5.52 Å². The third-order valence-electron chi connectivity index (χ3n) is 2.14. The van der Waals surface area contributed by atoms with Crippen LogP contribution in [-0.4, -0.2) is 4.57 Å². The molecule has 0 radical (unpaired) electrons. The van der Waals surface area contributed by atoms with Gasteiger partial charge in [-0.15, -0.1) is 0 Å². The van der Waals surface area contributed by atoms with Crippen LogP contribution in [0.4, 0.5) is 10.1 Å². The second-order valence-corrected chi connectivity index (χ2v) is 4.28. The van der Waals surface area contributed by atoms with Gasteiger partial charge in [0.05, 0.1) is 20.7 Å². The van der Waals surface area contributed by atoms with Crippen LogP contribution in [0.5, 0.6) is 0 Å². The van der Waals surface area contributed by atoms with Gasteiger partial charge in [-0.1, -0.05) is 11.6 Å². The number of anilines is 1. The fraction of sp³-hybridized carbons (Fsp3) is 0.111. The molecule has 1 aromatic heterocycles. The third kappa shape index (κ3) is 1.21. The Kier molecular flexibility index (Phi) is 2.20. The van der Waals surface area contributed by atoms with Gasteiger partial charge in [0, 0.05) is 18.6 Å². The van der Waals surface area contributed by atoms with Gasteiger partial charge in [-0.25, -0.2) is 4.39 Å². The molecule has 0 aliphatic heterocycles. The Balaban J connectivity index is 3.01. The highest BCUT2D eigenvalue weighted by atomic mass is 79.9. The van der Waals surface area contributed by atoms with Gasteiger partial charge in [0.1, 0.15) is 0 Å². The summed E-state index contributed by atoms with van der Waals surface area (Å²) in [7, 11) is 1.83. The summed E-state index contributed by atoms with van der Waals surface area (Å²) in [5, 5.41) is 0.750. The number of benzene rings is 1. The molecule has 14 heavy (non-hydrogen) atoms. The first-order valence-electron chi connectivity index (χ1n) is 3.90. The van der Waals surface area contributed by atoms with Crippen molar-refractivity contribution in [2.45, 2.75) is 0 Å². The monoisotopic (exact) mass is 276 g/mol. The van der Waals surface area contributed by atoms with Gasteiger partial charge in [-0.05, 0) is 22.0 Å². The van der Waals surface area contributed by atoms with E-state index in [1.165, 1.54) is 0 Å². The van der Waals surface area contributed by atoms with E-state index in [0.29, 0.717) is 15.5 Å². The molecule has 2 nitrogen and oxygen atoms in total. The molecule has 0 spiro atoms. The van der Waals surface area contributed by atoms with Crippen LogP contribution in [0, 0.1) is 5.82 Å². The number of nitrogen functional groups attached to an aromatic ring is 1. The maximum atomic E-state index is 13.4. The van der Waals surface area contributed by atoms with Crippen molar-refractivity contribution in [1.82, 2.24) is 4.57 Å². The van der Waals surface area contributed by atoms with E-state index in [1.807, 2.05) is 7.05 Å². The fourth-order valence-corrected chi connectivity index (χ4v) is 2.44. The smallest absolute Gasteiger partial charge is 0.156 e. The first-order valence-corrected chi connectivity index (χ1v) is 5.07. The minimum absolute atomic E-state index is 0.0885. The number of aromatic nitrogens is 1. The molecule has 0 fully saturated rings. The summed E-state index contributed by atoms with van der Waals surface area (Å²) in [5.74, 6) is -0.475. The number of hydrogen-bond acceptors (Lipinski definition) is 1. The molecule has 2 aromatic rings. The number of fused-ring (bicyclic) bond motifs is 1. The van der Waals surface area contributed by atoms with Crippen LogP contribution in [0.25, 0.3) is 10.9 Å². The van der Waals surface area contributed by atoms with Crippen LogP contribution < -0.4 is 5.73 Å². The van der Waals surface area contributed by atoms with Crippen molar-refractivity contribution in [3.63, 3.8) is 0 Å². The molecule has 0 bridgehead atoms. The molecule has 1 heterocycles. The first-order chi connectivity index (χ1) is 6.52. The number of nitrogens with zero attached hydrogens (tertiary/aromatic N) is 1. The normalized spacial score (nSPS) is 11.1. The van der Waals surface area contributed by atoms with E-state index >= 15 is 0 Å². The number of rotatable bonds is 0. The molecule has 0 saturated carbocycles. The van der Waals surface area contributed by atoms with Crippen LogP contribution in [-0.2, 0) is 7.05 Å². The summed E-state index contributed by atoms with van der Waals surface area (Å²) < 4.78 is 15.5. The lowest BCUT2D eigenvalue weighted by molar-refractivity contribution is 0.624. The quantitative estimate of drug-likeness (QED) is 0.736. The largest absolute Gasteiger partial charge is 0.397 e. The Labute approximate surface area is 93.6 Å². The van der Waals surface area contributed by atoms with Gasteiger partial charge >= 0.3 is 0 Å². The van der Waals surface area contributed by atoms with Crippen molar-refractivity contribution in [3.05, 3.63) is 27.6 Å². The van der Waals surface area contributed by atoms with Gasteiger partial charge in [0.2, 0.25) is 0 Å². The van der Waals surface area contributed by atoms with Gasteiger partial charge in [-0.2, -0.15) is 0 Å². The maximum Gasteiger partial charge on any atom is 0.156 e. The molecule has 74 valence electrons. The van der Waals surface area contributed by atoms with Crippen LogP contribution in [0.2, 0.25) is 5.02 Å². The van der Waals surface area contributed by atoms with Crippen molar-refractivity contribution < 1.29 is 4.39 Å². The van der Waals surface area contributed by atoms with Crippen LogP contribution >= 0.6 is 27.5 Å². The van der Waals surface area contributed by atoms with Crippen molar-refractivity contribution in [3.8, 4) is 0 Å². The van der Waals surface area contributed by atoms with E-state index in [-0.39, 0.29) is 5.02 Å². The zero-order valence-corrected chi connectivity index (χ0v) is 9.66. The minimum atomic E-state index is -0.475. The minimum Gasteiger partial charge on any atom is -0.397 e. The summed E-state index contributed by atoms with van der Waals surface area (Å²) in [6.45, 7) is 0. The molecule has 0 saturated heterocycles. The fourth-order valence-electron chi connectivity index (χ4n) is 1.48. The van der Waals surface area contributed by atoms with E-state index < -0.39 is 5.82 Å². The highest BCUT2D eigenvalue weighted by molar-refractivity contribution is 9.10. The molecule has 0 amide bonds. The van der Waals surface area contributed by atoms with E-state index in [2.05, 4.69) is 15.9 Å². The number of nitrogens with two attached hydrogens (primary N) is 1. The lowest BCUT2D eigenvalue weighted by Crippen LogP contribution is -1.87. The van der Waals surface area contributed by atoms with E-state index in [1.54, 1.807) is 16.8 Å². The molecule has 1 aromatic carbocycles. The van der Waals surface area contributed by atoms with Gasteiger partial charge in [0.25, 0.3) is 0 Å². The van der Waals surface area contributed by atoms with E-state index in [9.17, 15) is 4.39 Å². The molecule has 5 heteroatoms. The van der Waals surface area contributed by atoms with Gasteiger partial charge in [0.15, 0.2) is 5.82 Å². The first kappa shape index (κ1) is 9.80. The van der Waals surface area contributed by atoms with Crippen LogP contribution in [0.3, 0.4) is 0 Å². The van der Waals surface area contributed by atoms with Crippen LogP contribution in [0.1, 0.15) is 0 Å². The summed E-state index contributed by atoms with van der Waals surface area (Å²) in [6.07, 6.45) is 1.73. The predicted octanol–water partition coefficient (Wildman–Crippen LogP) is 3.32. The van der Waals surface area contributed by atoms with E-state index in [4.69, 9.17) is 17.3 Å². The average molecular weight is 278 g/mol. The zero-order chi connectivity index (χ0) is 10.5. The summed E-state index contributed by atoms with van der Waals surface area (Å²) in [6, 6.07) is 1.56. The summed E-state index contributed by atoms with van der Waals surface area (Å²) in [5.41, 5.74) is 7.07. The molecule has 2 N–H and O–H groups in total. The summed E-state index contributed by atoms with van der Waals surface area (Å²) in [4.78, 5) is 0. The number of halogens is 3. The number of aryl methyl sites for hydroxylation is 1. The molecule has 0 atom stereocenters. The number of hydrogen-bond donors (Lipinski definition) is 1. The maximum absolute atomic E-state index is 13.4. The lowest BCUT2D eigenvalue weighted by Gasteiger charge is -2.02. The Morgan fingerprint density at radius 2 is 2.21 bits per heavy atom. The van der Waals surface area contributed by atoms with Crippen molar-refractivity contribution in [2.24, 2.45) is 7.05 Å². The van der Waals surface area contributed by atoms with Gasteiger partial charge in [-0.3, -0.25) is 0 Å². The Morgan fingerprint density at radius 3 is 2.86 bits per heavy atom. The average Bonchev–Trinajstić information content (AvgIpc) is 2.38. The summed E-state index contributed by atoms with van der Waals surface area (Å²) >= 11 is 8.86. The molecule has 0 unspecified atom stereocenters. The van der Waals surface area contributed by atoms with Crippen molar-refractivity contribution in [1.29, 1.82) is 0 Å². The van der Waals surface area contributed by atoms with Gasteiger partial charge < -0.3 is 10.3 Å². The highest BCUT2D eigenvalue weighted by Gasteiger charge is 2.14. The molecular formula is C9H7BrClFN2. The lowest BCUT2D eigenvalue weighted by atomic mass is 10.2.